The Bertz CT molecular complexity index is 308. The molecule has 1 aromatic heterocycles. The maximum atomic E-state index is 4.02. The molecule has 0 bridgehead atoms. The molecule has 0 saturated heterocycles. The molecule has 3 heteroatoms. The predicted molar refractivity (Wildman–Crippen MR) is 57.8 cm³/mol. The molecule has 0 aromatic carbocycles. The number of halogens is 1. The summed E-state index contributed by atoms with van der Waals surface area (Å²) < 4.78 is 1.04. The van der Waals surface area contributed by atoms with Crippen LogP contribution in [0, 0.1) is 5.41 Å². The monoisotopic (exact) mass is 240 g/mol. The van der Waals surface area contributed by atoms with E-state index in [4.69, 9.17) is 0 Å². The fourth-order valence-electron chi connectivity index (χ4n) is 1.22. The Balaban J connectivity index is 1.97. The van der Waals surface area contributed by atoms with E-state index in [1.54, 1.807) is 0 Å². The van der Waals surface area contributed by atoms with Crippen LogP contribution in [0.3, 0.4) is 0 Å². The van der Waals surface area contributed by atoms with Crippen molar-refractivity contribution in [3.05, 3.63) is 22.9 Å². The van der Waals surface area contributed by atoms with Crippen molar-refractivity contribution in [1.82, 2.24) is 4.98 Å². The highest BCUT2D eigenvalue weighted by Gasteiger charge is 2.36. The molecule has 1 aromatic rings. The van der Waals surface area contributed by atoms with Gasteiger partial charge in [0.1, 0.15) is 0 Å². The van der Waals surface area contributed by atoms with Crippen molar-refractivity contribution in [2.24, 2.45) is 5.41 Å². The van der Waals surface area contributed by atoms with Gasteiger partial charge in [-0.05, 0) is 40.3 Å². The van der Waals surface area contributed by atoms with Gasteiger partial charge in [-0.15, -0.1) is 0 Å². The quantitative estimate of drug-likeness (QED) is 0.879. The molecule has 0 spiro atoms. The third-order valence-electron chi connectivity index (χ3n) is 2.58. The lowest BCUT2D eigenvalue weighted by molar-refractivity contribution is 0.610. The van der Waals surface area contributed by atoms with Crippen molar-refractivity contribution in [2.75, 3.05) is 11.9 Å². The van der Waals surface area contributed by atoms with E-state index in [0.29, 0.717) is 5.41 Å². The summed E-state index contributed by atoms with van der Waals surface area (Å²) >= 11 is 3.46. The lowest BCUT2D eigenvalue weighted by Crippen LogP contribution is -2.11. The first-order chi connectivity index (χ1) is 6.20. The lowest BCUT2D eigenvalue weighted by atomic mass is 10.1. The maximum Gasteiger partial charge on any atom is 0.0590 e. The second-order valence-corrected chi connectivity index (χ2v) is 4.87. The number of hydrogen-bond acceptors (Lipinski definition) is 2. The van der Waals surface area contributed by atoms with Crippen LogP contribution in [0.2, 0.25) is 0 Å². The fourth-order valence-corrected chi connectivity index (χ4v) is 1.61. The highest BCUT2D eigenvalue weighted by atomic mass is 79.9. The average molecular weight is 241 g/mol. The second kappa shape index (κ2) is 3.29. The molecule has 2 rings (SSSR count). The van der Waals surface area contributed by atoms with E-state index in [-0.39, 0.29) is 0 Å². The molecule has 1 N–H and O–H groups in total. The van der Waals surface area contributed by atoms with Crippen LogP contribution in [0.15, 0.2) is 22.9 Å². The first-order valence-electron chi connectivity index (χ1n) is 4.53. The number of aromatic nitrogens is 1. The van der Waals surface area contributed by atoms with E-state index in [0.717, 1.165) is 16.7 Å². The summed E-state index contributed by atoms with van der Waals surface area (Å²) in [6, 6.07) is 2.00. The molecule has 1 fully saturated rings. The Kier molecular flexibility index (Phi) is 2.28. The molecular weight excluding hydrogens is 228 g/mol. The number of hydrogen-bond donors (Lipinski definition) is 1. The number of nitrogens with zero attached hydrogens (tertiary/aromatic N) is 1. The Morgan fingerprint density at radius 3 is 3.00 bits per heavy atom. The van der Waals surface area contributed by atoms with Gasteiger partial charge in [-0.3, -0.25) is 4.98 Å². The lowest BCUT2D eigenvalue weighted by Gasteiger charge is -2.11. The Hall–Kier alpha value is -0.570. The van der Waals surface area contributed by atoms with Gasteiger partial charge in [-0.1, -0.05) is 6.92 Å². The normalized spacial score (nSPS) is 18.3. The number of pyridine rings is 1. The highest BCUT2D eigenvalue weighted by molar-refractivity contribution is 9.10. The highest BCUT2D eigenvalue weighted by Crippen LogP contribution is 2.44. The molecular formula is C10H13BrN2. The van der Waals surface area contributed by atoms with Crippen molar-refractivity contribution in [2.45, 2.75) is 19.8 Å². The van der Waals surface area contributed by atoms with Crippen LogP contribution in [0.4, 0.5) is 5.69 Å². The van der Waals surface area contributed by atoms with Gasteiger partial charge in [0.25, 0.3) is 0 Å². The maximum absolute atomic E-state index is 4.02. The SMILES string of the molecule is CC1(CNc2ccncc2Br)CC1. The smallest absolute Gasteiger partial charge is 0.0590 e. The van der Waals surface area contributed by atoms with Gasteiger partial charge >= 0.3 is 0 Å². The van der Waals surface area contributed by atoms with Gasteiger partial charge in [0.05, 0.1) is 10.2 Å². The summed E-state index contributed by atoms with van der Waals surface area (Å²) in [5.74, 6) is 0. The molecule has 0 radical (unpaired) electrons. The Morgan fingerprint density at radius 2 is 2.38 bits per heavy atom. The first-order valence-corrected chi connectivity index (χ1v) is 5.32. The van der Waals surface area contributed by atoms with E-state index in [1.807, 2.05) is 18.5 Å². The van der Waals surface area contributed by atoms with Gasteiger partial charge in [-0.2, -0.15) is 0 Å². The van der Waals surface area contributed by atoms with Crippen LogP contribution in [0.1, 0.15) is 19.8 Å². The minimum Gasteiger partial charge on any atom is -0.383 e. The molecule has 1 aliphatic rings. The molecule has 0 atom stereocenters. The summed E-state index contributed by atoms with van der Waals surface area (Å²) in [5.41, 5.74) is 1.69. The molecule has 1 saturated carbocycles. The summed E-state index contributed by atoms with van der Waals surface area (Å²) in [4.78, 5) is 4.02. The zero-order valence-corrected chi connectivity index (χ0v) is 9.26. The van der Waals surface area contributed by atoms with Gasteiger partial charge < -0.3 is 5.32 Å². The predicted octanol–water partition coefficient (Wildman–Crippen LogP) is 3.06. The number of anilines is 1. The Labute approximate surface area is 86.9 Å². The van der Waals surface area contributed by atoms with Crippen LogP contribution in [0.25, 0.3) is 0 Å². The van der Waals surface area contributed by atoms with E-state index in [1.165, 1.54) is 12.8 Å². The van der Waals surface area contributed by atoms with Crippen LogP contribution in [-0.4, -0.2) is 11.5 Å². The second-order valence-electron chi connectivity index (χ2n) is 4.02. The van der Waals surface area contributed by atoms with Crippen LogP contribution < -0.4 is 5.32 Å². The summed E-state index contributed by atoms with van der Waals surface area (Å²) in [6.07, 6.45) is 6.32. The molecule has 70 valence electrons. The minimum absolute atomic E-state index is 0.544. The molecule has 2 nitrogen and oxygen atoms in total. The molecule has 13 heavy (non-hydrogen) atoms. The van der Waals surface area contributed by atoms with Crippen LogP contribution in [0.5, 0.6) is 0 Å². The number of nitrogens with one attached hydrogen (secondary N) is 1. The van der Waals surface area contributed by atoms with Gasteiger partial charge in [-0.25, -0.2) is 0 Å². The molecule has 0 amide bonds. The summed E-state index contributed by atoms with van der Waals surface area (Å²) in [6.45, 7) is 3.38. The standard InChI is InChI=1S/C10H13BrN2/c1-10(3-4-10)7-13-9-2-5-12-6-8(9)11/h2,5-6H,3-4,7H2,1H3,(H,12,13). The van der Waals surface area contributed by atoms with Crippen LogP contribution >= 0.6 is 15.9 Å². The summed E-state index contributed by atoms with van der Waals surface area (Å²) in [5, 5.41) is 3.43. The van der Waals surface area contributed by atoms with Crippen molar-refractivity contribution >= 4 is 21.6 Å². The van der Waals surface area contributed by atoms with Crippen molar-refractivity contribution in [1.29, 1.82) is 0 Å². The van der Waals surface area contributed by atoms with Crippen LogP contribution in [-0.2, 0) is 0 Å². The molecule has 1 aliphatic carbocycles. The van der Waals surface area contributed by atoms with Crippen molar-refractivity contribution in [3.8, 4) is 0 Å². The van der Waals surface area contributed by atoms with Crippen molar-refractivity contribution in [3.63, 3.8) is 0 Å². The molecule has 0 unspecified atom stereocenters. The minimum atomic E-state index is 0.544. The van der Waals surface area contributed by atoms with E-state index in [2.05, 4.69) is 33.2 Å². The van der Waals surface area contributed by atoms with E-state index < -0.39 is 0 Å². The van der Waals surface area contributed by atoms with Gasteiger partial charge in [0.15, 0.2) is 0 Å². The zero-order valence-electron chi connectivity index (χ0n) is 7.68. The summed E-state index contributed by atoms with van der Waals surface area (Å²) in [7, 11) is 0. The van der Waals surface area contributed by atoms with Gasteiger partial charge in [0.2, 0.25) is 0 Å². The first kappa shape index (κ1) is 9.00. The Morgan fingerprint density at radius 1 is 1.62 bits per heavy atom. The van der Waals surface area contributed by atoms with Crippen molar-refractivity contribution < 1.29 is 0 Å². The van der Waals surface area contributed by atoms with E-state index in [9.17, 15) is 0 Å². The van der Waals surface area contributed by atoms with Gasteiger partial charge in [0, 0.05) is 18.9 Å². The third-order valence-corrected chi connectivity index (χ3v) is 3.21. The third kappa shape index (κ3) is 2.21. The molecule has 0 aliphatic heterocycles. The van der Waals surface area contributed by atoms with E-state index >= 15 is 0 Å². The fraction of sp³-hybridized carbons (Fsp3) is 0.500. The largest absolute Gasteiger partial charge is 0.383 e. The average Bonchev–Trinajstić information content (AvgIpc) is 2.83. The number of rotatable bonds is 3. The molecule has 1 heterocycles. The topological polar surface area (TPSA) is 24.9 Å². The zero-order chi connectivity index (χ0) is 9.31.